The van der Waals surface area contributed by atoms with Gasteiger partial charge in [0.1, 0.15) is 0 Å². The van der Waals surface area contributed by atoms with E-state index < -0.39 is 0 Å². The van der Waals surface area contributed by atoms with Gasteiger partial charge in [-0.1, -0.05) is 13.3 Å². The van der Waals surface area contributed by atoms with Crippen LogP contribution in [0.3, 0.4) is 0 Å². The van der Waals surface area contributed by atoms with Crippen molar-refractivity contribution >= 4 is 0 Å². The van der Waals surface area contributed by atoms with Crippen LogP contribution in [0.2, 0.25) is 0 Å². The first kappa shape index (κ1) is 13.9. The molecule has 1 aliphatic carbocycles. The van der Waals surface area contributed by atoms with Crippen molar-refractivity contribution in [2.45, 2.75) is 57.5 Å². The molecule has 3 heteroatoms. The molecule has 0 heterocycles. The molecule has 1 fully saturated rings. The summed E-state index contributed by atoms with van der Waals surface area (Å²) in [5, 5.41) is 12.7. The molecule has 3 nitrogen and oxygen atoms in total. The first-order chi connectivity index (χ1) is 7.61. The molecule has 0 amide bonds. The topological polar surface area (TPSA) is 35.5 Å². The van der Waals surface area contributed by atoms with Gasteiger partial charge in [-0.3, -0.25) is 0 Å². The second kappa shape index (κ2) is 6.58. The van der Waals surface area contributed by atoms with E-state index >= 15 is 0 Å². The highest BCUT2D eigenvalue weighted by atomic mass is 16.3. The number of nitrogens with one attached hydrogen (secondary N) is 1. The molecule has 1 unspecified atom stereocenters. The zero-order chi connectivity index (χ0) is 12.0. The van der Waals surface area contributed by atoms with Crippen molar-refractivity contribution < 1.29 is 5.11 Å². The molecule has 0 bridgehead atoms. The van der Waals surface area contributed by atoms with Crippen molar-refractivity contribution in [3.63, 3.8) is 0 Å². The predicted octanol–water partition coefficient (Wildman–Crippen LogP) is 1.61. The molecule has 1 saturated carbocycles. The quantitative estimate of drug-likeness (QED) is 0.589. The van der Waals surface area contributed by atoms with Crippen molar-refractivity contribution in [2.75, 3.05) is 26.7 Å². The number of hydrogen-bond acceptors (Lipinski definition) is 3. The Morgan fingerprint density at radius 1 is 1.38 bits per heavy atom. The van der Waals surface area contributed by atoms with E-state index in [4.69, 9.17) is 0 Å². The van der Waals surface area contributed by atoms with Crippen LogP contribution in [0.5, 0.6) is 0 Å². The van der Waals surface area contributed by atoms with Gasteiger partial charge in [0, 0.05) is 11.6 Å². The van der Waals surface area contributed by atoms with E-state index in [1.54, 1.807) is 0 Å². The Morgan fingerprint density at radius 2 is 2.06 bits per heavy atom. The molecule has 16 heavy (non-hydrogen) atoms. The van der Waals surface area contributed by atoms with Crippen LogP contribution in [0.1, 0.15) is 46.0 Å². The number of nitrogens with zero attached hydrogens (tertiary/aromatic N) is 1. The van der Waals surface area contributed by atoms with Gasteiger partial charge in [-0.25, -0.2) is 0 Å². The Hall–Kier alpha value is -0.120. The van der Waals surface area contributed by atoms with Gasteiger partial charge >= 0.3 is 0 Å². The molecule has 0 aromatic rings. The van der Waals surface area contributed by atoms with Gasteiger partial charge in [-0.2, -0.15) is 0 Å². The summed E-state index contributed by atoms with van der Waals surface area (Å²) in [4.78, 5) is 2.48. The van der Waals surface area contributed by atoms with E-state index in [-0.39, 0.29) is 12.1 Å². The molecule has 0 spiro atoms. The second-order valence-electron chi connectivity index (χ2n) is 5.42. The normalized spacial score (nSPS) is 20.1. The van der Waals surface area contributed by atoms with Crippen LogP contribution >= 0.6 is 0 Å². The second-order valence-corrected chi connectivity index (χ2v) is 5.42. The van der Waals surface area contributed by atoms with Crippen LogP contribution in [0.15, 0.2) is 0 Å². The van der Waals surface area contributed by atoms with Gasteiger partial charge in [-0.15, -0.1) is 0 Å². The lowest BCUT2D eigenvalue weighted by molar-refractivity contribution is 0.163. The van der Waals surface area contributed by atoms with Crippen molar-refractivity contribution in [1.29, 1.82) is 0 Å². The lowest BCUT2D eigenvalue weighted by Gasteiger charge is -2.28. The van der Waals surface area contributed by atoms with Crippen molar-refractivity contribution in [1.82, 2.24) is 10.2 Å². The Labute approximate surface area is 100 Å². The highest BCUT2D eigenvalue weighted by molar-refractivity contribution is 4.83. The van der Waals surface area contributed by atoms with Crippen LogP contribution in [0.25, 0.3) is 0 Å². The maximum absolute atomic E-state index is 9.35. The number of rotatable bonds is 9. The van der Waals surface area contributed by atoms with Crippen LogP contribution in [0.4, 0.5) is 0 Å². The first-order valence-electron chi connectivity index (χ1n) is 6.67. The molecule has 0 saturated heterocycles. The predicted molar refractivity (Wildman–Crippen MR) is 68.7 cm³/mol. The Morgan fingerprint density at radius 3 is 2.56 bits per heavy atom. The van der Waals surface area contributed by atoms with Gasteiger partial charge in [0.2, 0.25) is 0 Å². The fourth-order valence-corrected chi connectivity index (χ4v) is 2.22. The van der Waals surface area contributed by atoms with Gasteiger partial charge in [0.15, 0.2) is 0 Å². The molecule has 1 rings (SSSR count). The highest BCUT2D eigenvalue weighted by Crippen LogP contribution is 2.25. The van der Waals surface area contributed by atoms with E-state index in [0.717, 1.165) is 19.0 Å². The van der Waals surface area contributed by atoms with E-state index in [2.05, 4.69) is 31.1 Å². The zero-order valence-electron chi connectivity index (χ0n) is 11.1. The van der Waals surface area contributed by atoms with Crippen LogP contribution in [0, 0.1) is 0 Å². The lowest BCUT2D eigenvalue weighted by Crippen LogP contribution is -2.45. The molecular weight excluding hydrogens is 200 g/mol. The summed E-state index contributed by atoms with van der Waals surface area (Å²) in [6.07, 6.45) is 6.29. The minimum absolute atomic E-state index is 0.0765. The third kappa shape index (κ3) is 4.81. The molecule has 0 radical (unpaired) electrons. The molecule has 0 aromatic heterocycles. The van der Waals surface area contributed by atoms with E-state index in [9.17, 15) is 5.11 Å². The molecule has 2 N–H and O–H groups in total. The van der Waals surface area contributed by atoms with E-state index in [1.165, 1.54) is 32.2 Å². The van der Waals surface area contributed by atoms with E-state index in [0.29, 0.717) is 0 Å². The molecular formula is C13H28N2O. The van der Waals surface area contributed by atoms with Crippen LogP contribution < -0.4 is 5.32 Å². The molecule has 1 atom stereocenters. The van der Waals surface area contributed by atoms with Crippen LogP contribution in [-0.2, 0) is 0 Å². The summed E-state index contributed by atoms with van der Waals surface area (Å²) < 4.78 is 0. The third-order valence-corrected chi connectivity index (χ3v) is 3.61. The zero-order valence-corrected chi connectivity index (χ0v) is 11.1. The van der Waals surface area contributed by atoms with Crippen LogP contribution in [-0.4, -0.2) is 48.3 Å². The third-order valence-electron chi connectivity index (χ3n) is 3.61. The van der Waals surface area contributed by atoms with Gasteiger partial charge in [-0.05, 0) is 52.7 Å². The minimum Gasteiger partial charge on any atom is -0.394 e. The summed E-state index contributed by atoms with van der Waals surface area (Å²) in [5.41, 5.74) is -0.0765. The van der Waals surface area contributed by atoms with Crippen molar-refractivity contribution in [3.05, 3.63) is 0 Å². The maximum Gasteiger partial charge on any atom is 0.0610 e. The largest absolute Gasteiger partial charge is 0.394 e. The monoisotopic (exact) mass is 228 g/mol. The first-order valence-corrected chi connectivity index (χ1v) is 6.67. The molecule has 96 valence electrons. The number of aliphatic hydroxyl groups excluding tert-OH is 1. The van der Waals surface area contributed by atoms with Gasteiger partial charge < -0.3 is 15.3 Å². The highest BCUT2D eigenvalue weighted by Gasteiger charge is 2.26. The van der Waals surface area contributed by atoms with Crippen molar-refractivity contribution in [3.8, 4) is 0 Å². The van der Waals surface area contributed by atoms with Gasteiger partial charge in [0.25, 0.3) is 0 Å². The van der Waals surface area contributed by atoms with Crippen molar-refractivity contribution in [2.24, 2.45) is 0 Å². The minimum atomic E-state index is -0.0765. The number of likely N-dealkylation sites (N-methyl/N-ethyl adjacent to an activating group) is 1. The fourth-order valence-electron chi connectivity index (χ4n) is 2.22. The fraction of sp³-hybridized carbons (Fsp3) is 1.00. The summed E-state index contributed by atoms with van der Waals surface area (Å²) in [5.74, 6) is 0. The lowest BCUT2D eigenvalue weighted by atomic mass is 9.95. The molecule has 0 aromatic carbocycles. The molecule has 1 aliphatic rings. The number of aliphatic hydroxyl groups is 1. The van der Waals surface area contributed by atoms with Gasteiger partial charge in [0.05, 0.1) is 6.61 Å². The maximum atomic E-state index is 9.35. The Kier molecular flexibility index (Phi) is 5.73. The number of hydrogen-bond donors (Lipinski definition) is 2. The standard InChI is InChI=1S/C13H28N2O/c1-4-14-13(2,11-16)9-5-6-10-15(3)12-7-8-12/h12,14,16H,4-11H2,1-3H3. The summed E-state index contributed by atoms with van der Waals surface area (Å²) in [7, 11) is 2.23. The Bertz CT molecular complexity index is 194. The molecule has 0 aliphatic heterocycles. The average Bonchev–Trinajstić information content (AvgIpc) is 3.08. The SMILES string of the molecule is CCNC(C)(CO)CCCCN(C)C1CC1. The average molecular weight is 228 g/mol. The smallest absolute Gasteiger partial charge is 0.0610 e. The van der Waals surface area contributed by atoms with E-state index in [1.807, 2.05) is 0 Å². The number of unbranched alkanes of at least 4 members (excludes halogenated alkanes) is 1. The summed E-state index contributed by atoms with van der Waals surface area (Å²) in [6.45, 7) is 6.58. The summed E-state index contributed by atoms with van der Waals surface area (Å²) in [6, 6.07) is 0.873. The Balaban J connectivity index is 2.07. The summed E-state index contributed by atoms with van der Waals surface area (Å²) >= 11 is 0.